The summed E-state index contributed by atoms with van der Waals surface area (Å²) in [6, 6.07) is 15.7. The normalized spacial score (nSPS) is 10.9. The molecular formula is C14H10Cl2. The molecule has 0 N–H and O–H groups in total. The van der Waals surface area contributed by atoms with Gasteiger partial charge in [0, 0.05) is 0 Å². The zero-order chi connectivity index (χ0) is 11.4. The number of halogens is 2. The van der Waals surface area contributed by atoms with Gasteiger partial charge in [0.25, 0.3) is 0 Å². The predicted octanol–water partition coefficient (Wildman–Crippen LogP) is 5.16. The van der Waals surface area contributed by atoms with E-state index >= 15 is 0 Å². The van der Waals surface area contributed by atoms with Crippen LogP contribution in [0.25, 0.3) is 12.2 Å². The second-order valence-electron chi connectivity index (χ2n) is 3.42. The SMILES string of the molecule is Clc1ccc(/C=C/c2ccccc2)cc1Cl. The van der Waals surface area contributed by atoms with Crippen LogP contribution in [0.3, 0.4) is 0 Å². The maximum absolute atomic E-state index is 5.93. The first-order chi connectivity index (χ1) is 7.75. The first kappa shape index (κ1) is 11.3. The molecule has 0 saturated carbocycles. The summed E-state index contributed by atoms with van der Waals surface area (Å²) >= 11 is 11.8. The molecule has 0 atom stereocenters. The van der Waals surface area contributed by atoms with E-state index in [4.69, 9.17) is 23.2 Å². The summed E-state index contributed by atoms with van der Waals surface area (Å²) in [5, 5.41) is 1.16. The van der Waals surface area contributed by atoms with Crippen LogP contribution >= 0.6 is 23.2 Å². The fourth-order valence-electron chi connectivity index (χ4n) is 1.37. The summed E-state index contributed by atoms with van der Waals surface area (Å²) in [4.78, 5) is 0. The number of hydrogen-bond acceptors (Lipinski definition) is 0. The third-order valence-corrected chi connectivity index (χ3v) is 2.95. The van der Waals surface area contributed by atoms with Gasteiger partial charge in [0.1, 0.15) is 0 Å². The Bertz CT molecular complexity index is 501. The zero-order valence-electron chi connectivity index (χ0n) is 8.53. The quantitative estimate of drug-likeness (QED) is 0.644. The predicted molar refractivity (Wildman–Crippen MR) is 71.8 cm³/mol. The minimum Gasteiger partial charge on any atom is -0.0827 e. The molecular weight excluding hydrogens is 239 g/mol. The van der Waals surface area contributed by atoms with E-state index in [0.717, 1.165) is 11.1 Å². The largest absolute Gasteiger partial charge is 0.0827 e. The molecule has 0 heterocycles. The van der Waals surface area contributed by atoms with Gasteiger partial charge in [0.15, 0.2) is 0 Å². The highest BCUT2D eigenvalue weighted by Gasteiger charge is 1.96. The van der Waals surface area contributed by atoms with E-state index in [0.29, 0.717) is 10.0 Å². The molecule has 0 aromatic heterocycles. The van der Waals surface area contributed by atoms with Gasteiger partial charge < -0.3 is 0 Å². The second kappa shape index (κ2) is 5.20. The lowest BCUT2D eigenvalue weighted by Gasteiger charge is -1.97. The summed E-state index contributed by atoms with van der Waals surface area (Å²) in [5.74, 6) is 0. The minimum atomic E-state index is 0.580. The molecule has 0 aliphatic carbocycles. The maximum Gasteiger partial charge on any atom is 0.0598 e. The van der Waals surface area contributed by atoms with E-state index < -0.39 is 0 Å². The lowest BCUT2D eigenvalue weighted by atomic mass is 10.1. The Hall–Kier alpha value is -1.24. The van der Waals surface area contributed by atoms with Crippen molar-refractivity contribution < 1.29 is 0 Å². The highest BCUT2D eigenvalue weighted by Crippen LogP contribution is 2.23. The third-order valence-electron chi connectivity index (χ3n) is 2.21. The van der Waals surface area contributed by atoms with Gasteiger partial charge in [-0.2, -0.15) is 0 Å². The van der Waals surface area contributed by atoms with Crippen molar-refractivity contribution in [3.8, 4) is 0 Å². The van der Waals surface area contributed by atoms with Crippen LogP contribution < -0.4 is 0 Å². The molecule has 0 unspecified atom stereocenters. The molecule has 0 bridgehead atoms. The topological polar surface area (TPSA) is 0 Å². The van der Waals surface area contributed by atoms with Crippen molar-refractivity contribution in [2.24, 2.45) is 0 Å². The van der Waals surface area contributed by atoms with Gasteiger partial charge >= 0.3 is 0 Å². The second-order valence-corrected chi connectivity index (χ2v) is 4.23. The fourth-order valence-corrected chi connectivity index (χ4v) is 1.68. The van der Waals surface area contributed by atoms with Crippen LogP contribution in [0, 0.1) is 0 Å². The maximum atomic E-state index is 5.93. The molecule has 80 valence electrons. The lowest BCUT2D eigenvalue weighted by Crippen LogP contribution is -1.74. The Morgan fingerprint density at radius 3 is 2.06 bits per heavy atom. The summed E-state index contributed by atoms with van der Waals surface area (Å²) in [6.45, 7) is 0. The number of rotatable bonds is 2. The van der Waals surface area contributed by atoms with Crippen LogP contribution in [0.5, 0.6) is 0 Å². The van der Waals surface area contributed by atoms with Crippen molar-refractivity contribution in [1.29, 1.82) is 0 Å². The number of benzene rings is 2. The zero-order valence-corrected chi connectivity index (χ0v) is 10.0. The molecule has 0 nitrogen and oxygen atoms in total. The van der Waals surface area contributed by atoms with Crippen molar-refractivity contribution in [1.82, 2.24) is 0 Å². The van der Waals surface area contributed by atoms with Gasteiger partial charge in [-0.3, -0.25) is 0 Å². The molecule has 2 heteroatoms. The Labute approximate surface area is 105 Å². The van der Waals surface area contributed by atoms with Crippen molar-refractivity contribution >= 4 is 35.4 Å². The van der Waals surface area contributed by atoms with Gasteiger partial charge in [0.05, 0.1) is 10.0 Å². The molecule has 0 spiro atoms. The van der Waals surface area contributed by atoms with E-state index in [1.165, 1.54) is 0 Å². The molecule has 0 saturated heterocycles. The summed E-state index contributed by atoms with van der Waals surface area (Å²) in [7, 11) is 0. The van der Waals surface area contributed by atoms with Gasteiger partial charge in [-0.05, 0) is 23.3 Å². The van der Waals surface area contributed by atoms with Crippen molar-refractivity contribution in [3.63, 3.8) is 0 Å². The van der Waals surface area contributed by atoms with Crippen LogP contribution in [0.15, 0.2) is 48.5 Å². The van der Waals surface area contributed by atoms with Crippen molar-refractivity contribution in [2.75, 3.05) is 0 Å². The molecule has 0 aliphatic heterocycles. The minimum absolute atomic E-state index is 0.580. The third kappa shape index (κ3) is 2.88. The van der Waals surface area contributed by atoms with E-state index in [1.54, 1.807) is 6.07 Å². The van der Waals surface area contributed by atoms with Gasteiger partial charge in [0.2, 0.25) is 0 Å². The van der Waals surface area contributed by atoms with Gasteiger partial charge in [-0.25, -0.2) is 0 Å². The van der Waals surface area contributed by atoms with Crippen LogP contribution in [-0.2, 0) is 0 Å². The molecule has 0 radical (unpaired) electrons. The highest BCUT2D eigenvalue weighted by atomic mass is 35.5. The monoisotopic (exact) mass is 248 g/mol. The fraction of sp³-hybridized carbons (Fsp3) is 0. The smallest absolute Gasteiger partial charge is 0.0598 e. The van der Waals surface area contributed by atoms with Gasteiger partial charge in [-0.1, -0.05) is 71.8 Å². The Balaban J connectivity index is 2.21. The van der Waals surface area contributed by atoms with Crippen LogP contribution in [0.4, 0.5) is 0 Å². The lowest BCUT2D eigenvalue weighted by molar-refractivity contribution is 1.64. The summed E-state index contributed by atoms with van der Waals surface area (Å²) < 4.78 is 0. The molecule has 2 aromatic rings. The van der Waals surface area contributed by atoms with Crippen molar-refractivity contribution in [3.05, 3.63) is 69.7 Å². The Morgan fingerprint density at radius 1 is 0.688 bits per heavy atom. The van der Waals surface area contributed by atoms with E-state index in [9.17, 15) is 0 Å². The highest BCUT2D eigenvalue weighted by molar-refractivity contribution is 6.42. The van der Waals surface area contributed by atoms with E-state index in [2.05, 4.69) is 0 Å². The van der Waals surface area contributed by atoms with Crippen LogP contribution in [0.2, 0.25) is 10.0 Å². The first-order valence-corrected chi connectivity index (χ1v) is 5.69. The average molecular weight is 249 g/mol. The Kier molecular flexibility index (Phi) is 3.66. The average Bonchev–Trinajstić information content (AvgIpc) is 2.32. The summed E-state index contributed by atoms with van der Waals surface area (Å²) in [6.07, 6.45) is 4.05. The molecule has 16 heavy (non-hydrogen) atoms. The standard InChI is InChI=1S/C14H10Cl2/c15-13-9-8-12(10-14(13)16)7-6-11-4-2-1-3-5-11/h1-10H/b7-6+. The number of hydrogen-bond donors (Lipinski definition) is 0. The molecule has 2 rings (SSSR count). The van der Waals surface area contributed by atoms with Crippen molar-refractivity contribution in [2.45, 2.75) is 0 Å². The van der Waals surface area contributed by atoms with E-state index in [-0.39, 0.29) is 0 Å². The van der Waals surface area contributed by atoms with Crippen LogP contribution in [0.1, 0.15) is 11.1 Å². The molecule has 0 amide bonds. The molecule has 2 aromatic carbocycles. The van der Waals surface area contributed by atoms with Gasteiger partial charge in [-0.15, -0.1) is 0 Å². The molecule has 0 fully saturated rings. The molecule has 0 aliphatic rings. The van der Waals surface area contributed by atoms with Crippen LogP contribution in [-0.4, -0.2) is 0 Å². The summed E-state index contributed by atoms with van der Waals surface area (Å²) in [5.41, 5.74) is 2.20. The first-order valence-electron chi connectivity index (χ1n) is 4.94. The van der Waals surface area contributed by atoms with E-state index in [1.807, 2.05) is 54.6 Å². The Morgan fingerprint density at radius 2 is 1.38 bits per heavy atom.